The number of likely N-dealkylation sites (N-methyl/N-ethyl adjacent to an activating group) is 1. The summed E-state index contributed by atoms with van der Waals surface area (Å²) in [5.41, 5.74) is 2.15. The second kappa shape index (κ2) is 8.63. The van der Waals surface area contributed by atoms with Crippen LogP contribution in [0.15, 0.2) is 53.1 Å². The van der Waals surface area contributed by atoms with E-state index in [4.69, 9.17) is 14.0 Å². The molecule has 1 fully saturated rings. The summed E-state index contributed by atoms with van der Waals surface area (Å²) in [6.07, 6.45) is 0.927. The number of nitrogens with zero attached hydrogens (tertiary/aromatic N) is 3. The minimum Gasteiger partial charge on any atom is -0.497 e. The van der Waals surface area contributed by atoms with Crippen molar-refractivity contribution in [1.82, 2.24) is 20.4 Å². The quantitative estimate of drug-likeness (QED) is 0.659. The van der Waals surface area contributed by atoms with E-state index in [0.717, 1.165) is 36.6 Å². The highest BCUT2D eigenvalue weighted by Gasteiger charge is 2.34. The monoisotopic (exact) mass is 394 g/mol. The molecule has 1 aromatic heterocycles. The Hall–Kier alpha value is -2.90. The van der Waals surface area contributed by atoms with E-state index < -0.39 is 0 Å². The minimum absolute atomic E-state index is 0.114. The fourth-order valence-electron chi connectivity index (χ4n) is 3.67. The maximum atomic E-state index is 5.59. The standard InChI is InChI=1S/C22H26N4O3/c1-26-14-17(23-13-15-4-8-18(27-2)9-5-15)12-20(26)22-24-21(25-29-22)16-6-10-19(28-3)11-7-16/h4-11,17,20,23H,12-14H2,1-3H3. The average Bonchev–Trinajstić information content (AvgIpc) is 3.39. The Balaban J connectivity index is 1.37. The van der Waals surface area contributed by atoms with Gasteiger partial charge in [0.15, 0.2) is 0 Å². The second-order valence-electron chi connectivity index (χ2n) is 7.30. The summed E-state index contributed by atoms with van der Waals surface area (Å²) in [6.45, 7) is 1.75. The Kier molecular flexibility index (Phi) is 5.78. The molecule has 7 nitrogen and oxygen atoms in total. The predicted molar refractivity (Wildman–Crippen MR) is 110 cm³/mol. The molecule has 4 rings (SSSR count). The zero-order valence-corrected chi connectivity index (χ0v) is 17.0. The lowest BCUT2D eigenvalue weighted by molar-refractivity contribution is 0.244. The van der Waals surface area contributed by atoms with Crippen LogP contribution in [-0.4, -0.2) is 48.9 Å². The van der Waals surface area contributed by atoms with Gasteiger partial charge in [0.25, 0.3) is 0 Å². The molecule has 0 saturated carbocycles. The third kappa shape index (κ3) is 4.41. The summed E-state index contributed by atoms with van der Waals surface area (Å²) < 4.78 is 16.0. The van der Waals surface area contributed by atoms with Crippen LogP contribution in [0.25, 0.3) is 11.4 Å². The second-order valence-corrected chi connectivity index (χ2v) is 7.30. The fourth-order valence-corrected chi connectivity index (χ4v) is 3.67. The van der Waals surface area contributed by atoms with Crippen molar-refractivity contribution in [3.8, 4) is 22.9 Å². The van der Waals surface area contributed by atoms with E-state index in [2.05, 4.69) is 39.5 Å². The maximum Gasteiger partial charge on any atom is 0.244 e. The summed E-state index contributed by atoms with van der Waals surface area (Å²) in [5, 5.41) is 7.80. The summed E-state index contributed by atoms with van der Waals surface area (Å²) in [4.78, 5) is 6.90. The van der Waals surface area contributed by atoms with Crippen molar-refractivity contribution >= 4 is 0 Å². The Bertz CT molecular complexity index is 924. The van der Waals surface area contributed by atoms with Crippen LogP contribution in [0.5, 0.6) is 11.5 Å². The normalized spacial score (nSPS) is 19.4. The lowest BCUT2D eigenvalue weighted by Crippen LogP contribution is -2.30. The van der Waals surface area contributed by atoms with E-state index >= 15 is 0 Å². The van der Waals surface area contributed by atoms with Gasteiger partial charge < -0.3 is 19.3 Å². The van der Waals surface area contributed by atoms with Gasteiger partial charge in [-0.15, -0.1) is 0 Å². The van der Waals surface area contributed by atoms with Crippen LogP contribution in [0.3, 0.4) is 0 Å². The molecule has 0 amide bonds. The van der Waals surface area contributed by atoms with Gasteiger partial charge in [0.05, 0.1) is 20.3 Å². The van der Waals surface area contributed by atoms with Gasteiger partial charge in [0, 0.05) is 24.7 Å². The van der Waals surface area contributed by atoms with Gasteiger partial charge in [-0.1, -0.05) is 17.3 Å². The molecule has 1 saturated heterocycles. The van der Waals surface area contributed by atoms with Crippen molar-refractivity contribution < 1.29 is 14.0 Å². The van der Waals surface area contributed by atoms with Crippen molar-refractivity contribution in [2.24, 2.45) is 0 Å². The number of aromatic nitrogens is 2. The number of hydrogen-bond acceptors (Lipinski definition) is 7. The summed E-state index contributed by atoms with van der Waals surface area (Å²) in [7, 11) is 5.42. The molecule has 2 heterocycles. The number of rotatable bonds is 7. The highest BCUT2D eigenvalue weighted by atomic mass is 16.5. The molecule has 3 aromatic rings. The largest absolute Gasteiger partial charge is 0.497 e. The van der Waals surface area contributed by atoms with E-state index in [-0.39, 0.29) is 6.04 Å². The molecular weight excluding hydrogens is 368 g/mol. The summed E-state index contributed by atoms with van der Waals surface area (Å²) in [6, 6.07) is 16.3. The molecule has 2 unspecified atom stereocenters. The van der Waals surface area contributed by atoms with Crippen molar-refractivity contribution in [1.29, 1.82) is 0 Å². The van der Waals surface area contributed by atoms with E-state index in [0.29, 0.717) is 17.8 Å². The van der Waals surface area contributed by atoms with Gasteiger partial charge in [-0.2, -0.15) is 4.98 Å². The van der Waals surface area contributed by atoms with Crippen LogP contribution >= 0.6 is 0 Å². The average molecular weight is 394 g/mol. The van der Waals surface area contributed by atoms with Gasteiger partial charge in [0.2, 0.25) is 11.7 Å². The van der Waals surface area contributed by atoms with Crippen molar-refractivity contribution in [3.05, 3.63) is 60.0 Å². The minimum atomic E-state index is 0.114. The van der Waals surface area contributed by atoms with E-state index in [1.807, 2.05) is 36.4 Å². The SMILES string of the molecule is COc1ccc(CNC2CC(c3nc(-c4ccc(OC)cc4)no3)N(C)C2)cc1. The lowest BCUT2D eigenvalue weighted by Gasteiger charge is -2.14. The van der Waals surface area contributed by atoms with Gasteiger partial charge in [-0.25, -0.2) is 0 Å². The molecular formula is C22H26N4O3. The van der Waals surface area contributed by atoms with Crippen LogP contribution < -0.4 is 14.8 Å². The zero-order valence-electron chi connectivity index (χ0n) is 17.0. The third-order valence-corrected chi connectivity index (χ3v) is 5.38. The smallest absolute Gasteiger partial charge is 0.244 e. The molecule has 1 N–H and O–H groups in total. The number of hydrogen-bond donors (Lipinski definition) is 1. The number of methoxy groups -OCH3 is 2. The van der Waals surface area contributed by atoms with E-state index in [1.54, 1.807) is 14.2 Å². The first-order chi connectivity index (χ1) is 14.2. The van der Waals surface area contributed by atoms with Crippen LogP contribution in [0.2, 0.25) is 0 Å². The molecule has 2 aromatic carbocycles. The number of likely N-dealkylation sites (tertiary alicyclic amines) is 1. The third-order valence-electron chi connectivity index (χ3n) is 5.38. The number of benzene rings is 2. The van der Waals surface area contributed by atoms with Crippen LogP contribution in [-0.2, 0) is 6.54 Å². The van der Waals surface area contributed by atoms with Crippen LogP contribution in [0, 0.1) is 0 Å². The maximum absolute atomic E-state index is 5.59. The first-order valence-electron chi connectivity index (χ1n) is 9.71. The van der Waals surface area contributed by atoms with Crippen molar-refractivity contribution in [3.63, 3.8) is 0 Å². The Labute approximate surface area is 170 Å². The molecule has 0 radical (unpaired) electrons. The molecule has 7 heteroatoms. The van der Waals surface area contributed by atoms with Gasteiger partial charge >= 0.3 is 0 Å². The number of ether oxygens (including phenoxy) is 2. The summed E-state index contributed by atoms with van der Waals surface area (Å²) >= 11 is 0. The fraction of sp³-hybridized carbons (Fsp3) is 0.364. The molecule has 2 atom stereocenters. The molecule has 29 heavy (non-hydrogen) atoms. The Morgan fingerprint density at radius 3 is 2.34 bits per heavy atom. The first kappa shape index (κ1) is 19.4. The van der Waals surface area contributed by atoms with E-state index in [1.165, 1.54) is 5.56 Å². The Morgan fingerprint density at radius 1 is 1.03 bits per heavy atom. The molecule has 152 valence electrons. The molecule has 1 aliphatic heterocycles. The van der Waals surface area contributed by atoms with Crippen molar-refractivity contribution in [2.45, 2.75) is 25.0 Å². The molecule has 0 spiro atoms. The molecule has 0 aliphatic carbocycles. The number of nitrogens with one attached hydrogen (secondary N) is 1. The van der Waals surface area contributed by atoms with Crippen LogP contribution in [0.4, 0.5) is 0 Å². The predicted octanol–water partition coefficient (Wildman–Crippen LogP) is 3.29. The lowest BCUT2D eigenvalue weighted by atomic mass is 10.1. The topological polar surface area (TPSA) is 72.6 Å². The van der Waals surface area contributed by atoms with E-state index in [9.17, 15) is 0 Å². The molecule has 0 bridgehead atoms. The highest BCUT2D eigenvalue weighted by molar-refractivity contribution is 5.55. The Morgan fingerprint density at radius 2 is 1.69 bits per heavy atom. The van der Waals surface area contributed by atoms with Crippen LogP contribution in [0.1, 0.15) is 23.9 Å². The molecule has 1 aliphatic rings. The van der Waals surface area contributed by atoms with Gasteiger partial charge in [-0.3, -0.25) is 4.90 Å². The van der Waals surface area contributed by atoms with Crippen molar-refractivity contribution in [2.75, 3.05) is 27.8 Å². The zero-order chi connectivity index (χ0) is 20.2. The summed E-state index contributed by atoms with van der Waals surface area (Å²) in [5.74, 6) is 2.94. The highest BCUT2D eigenvalue weighted by Crippen LogP contribution is 2.31. The van der Waals surface area contributed by atoms with Gasteiger partial charge in [-0.05, 0) is 55.4 Å². The van der Waals surface area contributed by atoms with Gasteiger partial charge in [0.1, 0.15) is 11.5 Å². The first-order valence-corrected chi connectivity index (χ1v) is 9.71.